The van der Waals surface area contributed by atoms with Gasteiger partial charge in [0.1, 0.15) is 24.7 Å². The highest BCUT2D eigenvalue weighted by molar-refractivity contribution is 7.98. The molecule has 0 radical (unpaired) electrons. The van der Waals surface area contributed by atoms with Crippen molar-refractivity contribution in [2.75, 3.05) is 52.2 Å². The summed E-state index contributed by atoms with van der Waals surface area (Å²) in [5, 5.41) is -1.45. The Morgan fingerprint density at radius 1 is 0.625 bits per heavy atom. The van der Waals surface area contributed by atoms with Crippen molar-refractivity contribution in [3.63, 3.8) is 0 Å². The third-order valence-electron chi connectivity index (χ3n) is 14.6. The van der Waals surface area contributed by atoms with Crippen LogP contribution >= 0.6 is 23.5 Å². The van der Waals surface area contributed by atoms with Crippen molar-refractivity contribution in [2.24, 2.45) is 0 Å². The van der Waals surface area contributed by atoms with E-state index < -0.39 is 264 Å². The number of nitrogens with zero attached hydrogens (tertiary/aromatic N) is 8. The normalized spacial score (nSPS) is 21.0. The maximum Gasteiger partial charge on any atom is 0.416 e. The molecule has 6 aromatic carbocycles. The fourth-order valence-electron chi connectivity index (χ4n) is 9.51. The summed E-state index contributed by atoms with van der Waals surface area (Å²) >= 11 is 0.115. The van der Waals surface area contributed by atoms with Crippen molar-refractivity contribution in [1.29, 1.82) is 0 Å². The molecule has 2 aromatic heterocycles. The second-order valence-corrected chi connectivity index (χ2v) is 22.2. The molecule has 2 aliphatic carbocycles. The number of likely N-dealkylation sites (N-methyl/N-ethyl adjacent to an activating group) is 2. The topological polar surface area (TPSA) is 117 Å². The predicted molar refractivity (Wildman–Crippen MR) is 363 cm³/mol. The molecule has 508 valence electrons. The summed E-state index contributed by atoms with van der Waals surface area (Å²) in [5.74, 6) is -5.18. The first-order valence-electron chi connectivity index (χ1n) is 45.2. The minimum Gasteiger partial charge on any atom is -0.336 e. The fourth-order valence-corrected chi connectivity index (χ4v) is 11.0. The minimum atomic E-state index is -5.28. The Bertz CT molecular complexity index is 5700. The van der Waals surface area contributed by atoms with E-state index in [0.717, 1.165) is 45.0 Å². The molecule has 0 spiro atoms. The number of hydrogen-bond acceptors (Lipinski definition) is 10. The summed E-state index contributed by atoms with van der Waals surface area (Å²) in [5.41, 5.74) is -17.4. The molecule has 0 fully saturated rings. The summed E-state index contributed by atoms with van der Waals surface area (Å²) < 4.78 is 389. The number of benzene rings is 6. The second-order valence-electron chi connectivity index (χ2n) is 20.7. The minimum absolute atomic E-state index is 0.00137. The number of thioether (sulfide) groups is 2. The molecule has 2 amide bonds. The summed E-state index contributed by atoms with van der Waals surface area (Å²) in [4.78, 5) is 66.5. The van der Waals surface area contributed by atoms with Crippen LogP contribution in [0.25, 0.3) is 22.3 Å². The van der Waals surface area contributed by atoms with E-state index in [9.17, 15) is 56.4 Å². The van der Waals surface area contributed by atoms with Crippen molar-refractivity contribution in [1.82, 2.24) is 38.7 Å². The van der Waals surface area contributed by atoms with Gasteiger partial charge in [-0.2, -0.15) is 36.3 Å². The summed E-state index contributed by atoms with van der Waals surface area (Å²) in [6, 6.07) is -2.46. The standard InChI is InChI=1S/2C37H40F4N4O2S/c1-4-43(5-2)21-22-44(25(3)27-11-13-28(14-12-27)29-15-17-30(18-16-29)37(39,40)41)34(46)23-45-33-8-6-7-32(33)35(47)42-36(45)48-24-26-9-19-31(38)20-10-26;1-4-43(5-2)19-20-44(22-26-9-13-28(14-10-26)29-15-18-32(25(3)21-29)37(39,40)41)34(46)23-45-33-8-6-7-31(33)35(47)42-36(45)48-24-27-11-16-30(38)17-12-27/h9-20,25H,4-8,21-24H2,1-3H3;9-18,21H,4-8,19-20,22-24H2,1-3H3/i21D2,22D2,24D2,25D;4D2,5D2,6D2,7D2,8D2,9D,10D,11D,12D,13D,14D,15D,16D,17D,18D,21D,22D2,24D2. The molecular formula is C74H80F8N8O4S2. The Kier molecular flexibility index (Phi) is 13.9. The molecule has 96 heavy (non-hydrogen) atoms. The largest absolute Gasteiger partial charge is 0.416 e. The van der Waals surface area contributed by atoms with Gasteiger partial charge in [0.05, 0.1) is 39.1 Å². The highest BCUT2D eigenvalue weighted by Gasteiger charge is 2.34. The molecule has 0 N–H and O–H groups in total. The second kappa shape index (κ2) is 32.9. The number of carbonyl (C=O) groups excluding carboxylic acids is 2. The van der Waals surface area contributed by atoms with Gasteiger partial charge in [0, 0.05) is 88.4 Å². The first-order chi connectivity index (χ1) is 58.2. The maximum atomic E-state index is 15.1. The van der Waals surface area contributed by atoms with Gasteiger partial charge in [-0.1, -0.05) is 148 Å². The van der Waals surface area contributed by atoms with Crippen LogP contribution in [0.4, 0.5) is 35.1 Å². The van der Waals surface area contributed by atoms with Crippen LogP contribution in [0, 0.1) is 18.6 Å². The van der Waals surface area contributed by atoms with Gasteiger partial charge in [-0.25, -0.2) is 8.78 Å². The number of aromatic nitrogens is 4. The van der Waals surface area contributed by atoms with Crippen LogP contribution in [0.2, 0.25) is 0 Å². The highest BCUT2D eigenvalue weighted by atomic mass is 32.2. The molecule has 0 bridgehead atoms. The zero-order valence-corrected chi connectivity index (χ0v) is 53.5. The Balaban J connectivity index is 0.000000300. The molecule has 2 aliphatic rings. The average molecular weight is 1390 g/mol. The highest BCUT2D eigenvalue weighted by Crippen LogP contribution is 2.36. The zero-order chi connectivity index (χ0) is 97.3. The fraction of sp³-hybridized carbons (Fsp3) is 0.378. The number of halogens is 8. The van der Waals surface area contributed by atoms with Crippen molar-refractivity contribution < 1.29 is 88.6 Å². The SMILES string of the molecule is [2H]C([2H])(Sc1nc(=O)c2c(n1CC(=O)N(C([2H])(C)c1ccc(-c3ccc(C(F)(F)F)cc3)cc1)C([2H])([2H])C([2H])([2H])N(CC)CC)CCC2)c1ccc(F)cc1.[2H]c1c([2H])c(C([2H])([2H])Sc2nc(=O)c3c(n2CC(=O)N(CCN(C([2H])([2H])C)C([2H])([2H])C)C([2H])([2H])c2c([2H])c([2H])c(-c4c([2H])c([2H])c(C(F)(F)F)c(C)c4[2H])c([2H])c2[2H])C([2H])([2H])C([2H])([2H])C3([2H])[2H])c([2H])c([2H])c1F. The Morgan fingerprint density at radius 3 is 1.80 bits per heavy atom. The molecule has 1 atom stereocenters. The van der Waals surface area contributed by atoms with E-state index >= 15 is 4.79 Å². The van der Waals surface area contributed by atoms with Gasteiger partial charge in [-0.15, -0.1) is 0 Å². The van der Waals surface area contributed by atoms with Gasteiger partial charge >= 0.3 is 12.4 Å². The van der Waals surface area contributed by atoms with E-state index in [-0.39, 0.29) is 50.6 Å². The lowest BCUT2D eigenvalue weighted by atomic mass is 9.98. The van der Waals surface area contributed by atoms with Gasteiger partial charge in [-0.3, -0.25) is 19.2 Å². The van der Waals surface area contributed by atoms with Gasteiger partial charge < -0.3 is 28.7 Å². The molecule has 10 rings (SSSR count). The van der Waals surface area contributed by atoms with Crippen LogP contribution in [0.15, 0.2) is 159 Å². The Morgan fingerprint density at radius 2 is 1.20 bits per heavy atom. The summed E-state index contributed by atoms with van der Waals surface area (Å²) in [7, 11) is 0. The summed E-state index contributed by atoms with van der Waals surface area (Å²) in [6.07, 6.45) is -19.8. The van der Waals surface area contributed by atoms with Crippen LogP contribution < -0.4 is 11.1 Å². The van der Waals surface area contributed by atoms with E-state index in [1.165, 1.54) is 64.9 Å². The number of carbonyl (C=O) groups is 2. The third kappa shape index (κ3) is 18.6. The summed E-state index contributed by atoms with van der Waals surface area (Å²) in [6.45, 7) is -13.0. The first kappa shape index (κ1) is 40.7. The van der Waals surface area contributed by atoms with Crippen molar-refractivity contribution >= 4 is 35.3 Å². The van der Waals surface area contributed by atoms with Crippen molar-refractivity contribution in [3.05, 3.63) is 233 Å². The molecule has 0 saturated heterocycles. The first-order valence-corrected chi connectivity index (χ1v) is 30.8. The van der Waals surface area contributed by atoms with Gasteiger partial charge in [0.25, 0.3) is 11.1 Å². The van der Waals surface area contributed by atoms with E-state index in [2.05, 4.69) is 9.97 Å². The van der Waals surface area contributed by atoms with Crippen LogP contribution in [-0.4, -0.2) is 103 Å². The number of hydrogen-bond donors (Lipinski definition) is 0. The van der Waals surface area contributed by atoms with Crippen LogP contribution in [0.1, 0.15) is 159 Å². The molecule has 1 unspecified atom stereocenters. The number of rotatable bonds is 26. The maximum absolute atomic E-state index is 15.1. The number of fused-ring (bicyclic) bond motifs is 2. The quantitative estimate of drug-likeness (QED) is 0.0295. The molecule has 8 aromatic rings. The van der Waals surface area contributed by atoms with E-state index in [4.69, 9.17) is 37.0 Å². The Labute approximate surface area is 608 Å². The lowest BCUT2D eigenvalue weighted by Crippen LogP contribution is -2.42. The molecule has 2 heterocycles. The van der Waals surface area contributed by atoms with Crippen molar-refractivity contribution in [3.8, 4) is 22.3 Å². The lowest BCUT2D eigenvalue weighted by Gasteiger charge is -2.33. The van der Waals surface area contributed by atoms with Crippen molar-refractivity contribution in [2.45, 2.75) is 140 Å². The van der Waals surface area contributed by atoms with E-state index in [0.29, 0.717) is 63.2 Å². The monoisotopic (exact) mass is 1390 g/mol. The molecular weight excluding hydrogens is 1280 g/mol. The molecule has 0 aliphatic heterocycles. The average Bonchev–Trinajstić information content (AvgIpc) is 1.52. The van der Waals surface area contributed by atoms with Gasteiger partial charge in [0.15, 0.2) is 10.3 Å². The van der Waals surface area contributed by atoms with Crippen LogP contribution in [0.5, 0.6) is 0 Å². The zero-order valence-electron chi connectivity index (χ0n) is 83.8. The molecule has 22 heteroatoms. The molecule has 0 saturated carbocycles. The smallest absolute Gasteiger partial charge is 0.336 e. The lowest BCUT2D eigenvalue weighted by molar-refractivity contribution is -0.138. The third-order valence-corrected chi connectivity index (χ3v) is 16.2. The van der Waals surface area contributed by atoms with Gasteiger partial charge in [0.2, 0.25) is 11.8 Å². The Hall–Kier alpha value is -7.92. The number of amides is 2. The number of alkyl halides is 6. The van der Waals surface area contributed by atoms with Crippen LogP contribution in [-0.2, 0) is 78.5 Å². The van der Waals surface area contributed by atoms with Gasteiger partial charge in [-0.05, 0) is 171 Å². The van der Waals surface area contributed by atoms with Crippen LogP contribution in [0.3, 0.4) is 0 Å². The predicted octanol–water partition coefficient (Wildman–Crippen LogP) is 15.3. The van der Waals surface area contributed by atoms with E-state index in [1.807, 2.05) is 0 Å². The molecule has 12 nitrogen and oxygen atoms in total. The van der Waals surface area contributed by atoms with E-state index in [1.54, 1.807) is 13.8 Å².